The van der Waals surface area contributed by atoms with Gasteiger partial charge in [0.25, 0.3) is 0 Å². The summed E-state index contributed by atoms with van der Waals surface area (Å²) in [5, 5.41) is 3.43. The smallest absolute Gasteiger partial charge is 0.307 e. The van der Waals surface area contributed by atoms with Crippen LogP contribution in [0.1, 0.15) is 38.3 Å². The van der Waals surface area contributed by atoms with Gasteiger partial charge in [0.05, 0.1) is 6.54 Å². The van der Waals surface area contributed by atoms with E-state index < -0.39 is 18.3 Å². The average Bonchev–Trinajstić information content (AvgIpc) is 2.47. The van der Waals surface area contributed by atoms with Crippen molar-refractivity contribution in [1.29, 1.82) is 0 Å². The topological polar surface area (TPSA) is 15.3 Å². The number of benzene rings is 1. The number of rotatable bonds is 4. The van der Waals surface area contributed by atoms with E-state index in [1.807, 2.05) is 44.2 Å². The average molecular weight is 300 g/mol. The van der Waals surface area contributed by atoms with Crippen molar-refractivity contribution in [3.63, 3.8) is 0 Å². The molecule has 0 bridgehead atoms. The fourth-order valence-electron chi connectivity index (χ4n) is 3.21. The van der Waals surface area contributed by atoms with Crippen molar-refractivity contribution in [3.05, 3.63) is 35.9 Å². The van der Waals surface area contributed by atoms with Gasteiger partial charge in [-0.15, -0.1) is 0 Å². The molecule has 1 saturated heterocycles. The van der Waals surface area contributed by atoms with Gasteiger partial charge in [-0.3, -0.25) is 4.90 Å². The molecule has 1 aromatic rings. The molecule has 0 aliphatic carbocycles. The van der Waals surface area contributed by atoms with E-state index >= 15 is 0 Å². The van der Waals surface area contributed by atoms with E-state index in [1.165, 1.54) is 0 Å². The van der Waals surface area contributed by atoms with Crippen molar-refractivity contribution in [2.24, 2.45) is 0 Å². The Bertz CT molecular complexity index is 441. The highest BCUT2D eigenvalue weighted by Crippen LogP contribution is 2.33. The zero-order chi connectivity index (χ0) is 15.5. The molecule has 1 aliphatic heterocycles. The number of hydrogen-bond acceptors (Lipinski definition) is 2. The third-order valence-electron chi connectivity index (χ3n) is 4.64. The van der Waals surface area contributed by atoms with E-state index in [0.29, 0.717) is 25.9 Å². The van der Waals surface area contributed by atoms with Crippen LogP contribution in [0.15, 0.2) is 30.3 Å². The molecule has 1 N–H and O–H groups in total. The van der Waals surface area contributed by atoms with Crippen molar-refractivity contribution in [3.8, 4) is 0 Å². The molecule has 1 heterocycles. The minimum Gasteiger partial charge on any atom is -0.307 e. The van der Waals surface area contributed by atoms with E-state index in [1.54, 1.807) is 4.90 Å². The van der Waals surface area contributed by atoms with Crippen LogP contribution in [0.3, 0.4) is 0 Å². The van der Waals surface area contributed by atoms with Gasteiger partial charge in [-0.25, -0.2) is 0 Å². The molecular formula is C16H23F3N2. The van der Waals surface area contributed by atoms with E-state index in [4.69, 9.17) is 0 Å². The zero-order valence-electron chi connectivity index (χ0n) is 12.6. The quantitative estimate of drug-likeness (QED) is 0.911. The molecular weight excluding hydrogens is 277 g/mol. The summed E-state index contributed by atoms with van der Waals surface area (Å²) in [7, 11) is 0. The van der Waals surface area contributed by atoms with E-state index in [0.717, 1.165) is 5.56 Å². The third-order valence-corrected chi connectivity index (χ3v) is 4.64. The fraction of sp³-hybridized carbons (Fsp3) is 0.625. The Labute approximate surface area is 124 Å². The molecule has 2 nitrogen and oxygen atoms in total. The molecule has 0 radical (unpaired) electrons. The van der Waals surface area contributed by atoms with Gasteiger partial charge in [0.2, 0.25) is 0 Å². The summed E-state index contributed by atoms with van der Waals surface area (Å²) >= 11 is 0. The molecule has 21 heavy (non-hydrogen) atoms. The summed E-state index contributed by atoms with van der Waals surface area (Å²) in [5.74, 6) is 0. The SMILES string of the molecule is CCC1(CC)CNC(c2ccccc2)CN1CC(F)(F)F. The fourth-order valence-corrected chi connectivity index (χ4v) is 3.21. The Morgan fingerprint density at radius 1 is 1.19 bits per heavy atom. The van der Waals surface area contributed by atoms with E-state index in [2.05, 4.69) is 5.32 Å². The van der Waals surface area contributed by atoms with Crippen molar-refractivity contribution in [2.75, 3.05) is 19.6 Å². The third kappa shape index (κ3) is 3.77. The molecule has 0 saturated carbocycles. The number of nitrogens with zero attached hydrogens (tertiary/aromatic N) is 1. The van der Waals surface area contributed by atoms with Crippen LogP contribution in [0.4, 0.5) is 13.2 Å². The van der Waals surface area contributed by atoms with Crippen LogP contribution in [-0.4, -0.2) is 36.2 Å². The van der Waals surface area contributed by atoms with Crippen molar-refractivity contribution in [2.45, 2.75) is 44.4 Å². The lowest BCUT2D eigenvalue weighted by molar-refractivity contribution is -0.165. The van der Waals surface area contributed by atoms with E-state index in [-0.39, 0.29) is 6.04 Å². The first kappa shape index (κ1) is 16.3. The normalized spacial score (nSPS) is 23.2. The molecule has 1 unspecified atom stereocenters. The molecule has 118 valence electrons. The summed E-state index contributed by atoms with van der Waals surface area (Å²) < 4.78 is 38.8. The van der Waals surface area contributed by atoms with Crippen molar-refractivity contribution >= 4 is 0 Å². The summed E-state index contributed by atoms with van der Waals surface area (Å²) in [6, 6.07) is 9.66. The maximum atomic E-state index is 12.9. The molecule has 1 atom stereocenters. The van der Waals surface area contributed by atoms with E-state index in [9.17, 15) is 13.2 Å². The Morgan fingerprint density at radius 3 is 2.33 bits per heavy atom. The van der Waals surface area contributed by atoms with Gasteiger partial charge in [0.15, 0.2) is 0 Å². The number of alkyl halides is 3. The summed E-state index contributed by atoms with van der Waals surface area (Å²) in [5.41, 5.74) is 0.645. The molecule has 0 amide bonds. The lowest BCUT2D eigenvalue weighted by Gasteiger charge is -2.50. The van der Waals surface area contributed by atoms with Crippen molar-refractivity contribution < 1.29 is 13.2 Å². The molecule has 0 aromatic heterocycles. The van der Waals surface area contributed by atoms with Gasteiger partial charge in [-0.05, 0) is 18.4 Å². The molecule has 5 heteroatoms. The van der Waals surface area contributed by atoms with Gasteiger partial charge >= 0.3 is 6.18 Å². The van der Waals surface area contributed by atoms with Crippen LogP contribution in [0, 0.1) is 0 Å². The van der Waals surface area contributed by atoms with Crippen LogP contribution in [0.5, 0.6) is 0 Å². The van der Waals surface area contributed by atoms with Crippen LogP contribution >= 0.6 is 0 Å². The Morgan fingerprint density at radius 2 is 1.81 bits per heavy atom. The summed E-state index contributed by atoms with van der Waals surface area (Å²) in [6.07, 6.45) is -2.73. The molecule has 1 fully saturated rings. The van der Waals surface area contributed by atoms with Crippen LogP contribution in [0.25, 0.3) is 0 Å². The number of halogens is 3. The first-order valence-electron chi connectivity index (χ1n) is 7.50. The highest BCUT2D eigenvalue weighted by atomic mass is 19.4. The number of nitrogens with one attached hydrogen (secondary N) is 1. The van der Waals surface area contributed by atoms with Crippen LogP contribution < -0.4 is 5.32 Å². The molecule has 1 aromatic carbocycles. The summed E-state index contributed by atoms with van der Waals surface area (Å²) in [6.45, 7) is 4.09. The second kappa shape index (κ2) is 6.36. The molecule has 0 spiro atoms. The predicted molar refractivity (Wildman–Crippen MR) is 78.1 cm³/mol. The zero-order valence-corrected chi connectivity index (χ0v) is 12.6. The predicted octanol–water partition coefficient (Wildman–Crippen LogP) is 3.75. The van der Waals surface area contributed by atoms with Crippen LogP contribution in [0.2, 0.25) is 0 Å². The maximum Gasteiger partial charge on any atom is 0.401 e. The monoisotopic (exact) mass is 300 g/mol. The Hall–Kier alpha value is -1.07. The summed E-state index contributed by atoms with van der Waals surface area (Å²) in [4.78, 5) is 1.63. The standard InChI is InChI=1S/C16H23F3N2/c1-3-15(4-2)11-20-14(13-8-6-5-7-9-13)10-21(15)12-16(17,18)19/h5-9,14,20H,3-4,10-12H2,1-2H3. The highest BCUT2D eigenvalue weighted by Gasteiger charge is 2.44. The second-order valence-corrected chi connectivity index (χ2v) is 5.77. The number of piperazine rings is 1. The molecule has 2 rings (SSSR count). The van der Waals surface area contributed by atoms with Gasteiger partial charge in [0.1, 0.15) is 0 Å². The highest BCUT2D eigenvalue weighted by molar-refractivity contribution is 5.20. The van der Waals surface area contributed by atoms with Crippen LogP contribution in [-0.2, 0) is 0 Å². The van der Waals surface area contributed by atoms with Gasteiger partial charge in [-0.2, -0.15) is 13.2 Å². The lowest BCUT2D eigenvalue weighted by Crippen LogP contribution is -2.63. The Kier molecular flexibility index (Phi) is 4.94. The first-order valence-corrected chi connectivity index (χ1v) is 7.50. The second-order valence-electron chi connectivity index (χ2n) is 5.77. The minimum absolute atomic E-state index is 0.0419. The van der Waals surface area contributed by atoms with Gasteiger partial charge < -0.3 is 5.32 Å². The van der Waals surface area contributed by atoms with Gasteiger partial charge in [0, 0.05) is 24.7 Å². The number of hydrogen-bond donors (Lipinski definition) is 1. The first-order chi connectivity index (χ1) is 9.90. The van der Waals surface area contributed by atoms with Gasteiger partial charge in [-0.1, -0.05) is 44.2 Å². The van der Waals surface area contributed by atoms with Crippen molar-refractivity contribution in [1.82, 2.24) is 10.2 Å². The minimum atomic E-state index is -4.16. The lowest BCUT2D eigenvalue weighted by atomic mass is 9.86. The maximum absolute atomic E-state index is 12.9. The Balaban J connectivity index is 2.20. The largest absolute Gasteiger partial charge is 0.401 e. The molecule has 1 aliphatic rings.